The molecular formula is C21H21N3O4. The number of carbonyl (C=O) groups is 1. The van der Waals surface area contributed by atoms with E-state index in [-0.39, 0.29) is 18.4 Å². The first-order valence-electron chi connectivity index (χ1n) is 9.19. The van der Waals surface area contributed by atoms with Crippen LogP contribution in [-0.4, -0.2) is 47.3 Å². The Morgan fingerprint density at radius 2 is 1.86 bits per heavy atom. The van der Waals surface area contributed by atoms with Gasteiger partial charge in [0, 0.05) is 25.5 Å². The molecule has 4 rings (SSSR count). The van der Waals surface area contributed by atoms with Gasteiger partial charge in [-0.15, -0.1) is 0 Å². The zero-order valence-electron chi connectivity index (χ0n) is 15.6. The summed E-state index contributed by atoms with van der Waals surface area (Å²) in [5.74, 6) is 2.41. The van der Waals surface area contributed by atoms with Gasteiger partial charge in [-0.2, -0.15) is 4.98 Å². The Balaban J connectivity index is 1.28. The third-order valence-corrected chi connectivity index (χ3v) is 4.52. The van der Waals surface area contributed by atoms with Crippen molar-refractivity contribution in [2.75, 3.05) is 20.2 Å². The molecule has 3 aromatic rings. The SMILES string of the molecule is CN(CC1COc2ccccc2O1)C(=O)CCc1nc(-c2ccccc2)no1. The van der Waals surface area contributed by atoms with E-state index in [1.54, 1.807) is 11.9 Å². The highest BCUT2D eigenvalue weighted by Crippen LogP contribution is 2.31. The molecule has 7 nitrogen and oxygen atoms in total. The van der Waals surface area contributed by atoms with Crippen LogP contribution >= 0.6 is 0 Å². The van der Waals surface area contributed by atoms with E-state index in [0.29, 0.717) is 37.0 Å². The molecule has 0 saturated heterocycles. The Labute approximate surface area is 162 Å². The third kappa shape index (κ3) is 4.14. The van der Waals surface area contributed by atoms with Crippen molar-refractivity contribution in [3.05, 3.63) is 60.5 Å². The fraction of sp³-hybridized carbons (Fsp3) is 0.286. The maximum atomic E-state index is 12.5. The zero-order valence-corrected chi connectivity index (χ0v) is 15.6. The smallest absolute Gasteiger partial charge is 0.227 e. The van der Waals surface area contributed by atoms with Gasteiger partial charge in [-0.05, 0) is 12.1 Å². The minimum Gasteiger partial charge on any atom is -0.486 e. The molecule has 1 aromatic heterocycles. The van der Waals surface area contributed by atoms with Crippen molar-refractivity contribution in [2.24, 2.45) is 0 Å². The van der Waals surface area contributed by atoms with Crippen LogP contribution in [0.4, 0.5) is 0 Å². The van der Waals surface area contributed by atoms with Gasteiger partial charge in [-0.1, -0.05) is 47.6 Å². The number of nitrogens with zero attached hydrogens (tertiary/aromatic N) is 3. The Morgan fingerprint density at radius 1 is 1.11 bits per heavy atom. The molecule has 0 aliphatic carbocycles. The summed E-state index contributed by atoms with van der Waals surface area (Å²) in [6, 6.07) is 17.1. The van der Waals surface area contributed by atoms with Crippen LogP contribution in [0.5, 0.6) is 11.5 Å². The first-order chi connectivity index (χ1) is 13.7. The van der Waals surface area contributed by atoms with Crippen LogP contribution in [0, 0.1) is 0 Å². The number of ether oxygens (including phenoxy) is 2. The molecule has 2 aromatic carbocycles. The van der Waals surface area contributed by atoms with Crippen molar-refractivity contribution in [2.45, 2.75) is 18.9 Å². The van der Waals surface area contributed by atoms with Gasteiger partial charge in [-0.25, -0.2) is 0 Å². The van der Waals surface area contributed by atoms with Crippen molar-refractivity contribution >= 4 is 5.91 Å². The van der Waals surface area contributed by atoms with Crippen molar-refractivity contribution in [3.63, 3.8) is 0 Å². The lowest BCUT2D eigenvalue weighted by Gasteiger charge is -2.29. The van der Waals surface area contributed by atoms with E-state index in [9.17, 15) is 4.79 Å². The number of hydrogen-bond acceptors (Lipinski definition) is 6. The monoisotopic (exact) mass is 379 g/mol. The summed E-state index contributed by atoms with van der Waals surface area (Å²) in [7, 11) is 1.76. The number of rotatable bonds is 6. The number of likely N-dealkylation sites (N-methyl/N-ethyl adjacent to an activating group) is 1. The van der Waals surface area contributed by atoms with Gasteiger partial charge in [0.2, 0.25) is 17.6 Å². The predicted octanol–water partition coefficient (Wildman–Crippen LogP) is 2.97. The summed E-state index contributed by atoms with van der Waals surface area (Å²) in [6.07, 6.45) is 0.488. The normalized spacial score (nSPS) is 15.2. The fourth-order valence-electron chi connectivity index (χ4n) is 3.03. The zero-order chi connectivity index (χ0) is 19.3. The lowest BCUT2D eigenvalue weighted by molar-refractivity contribution is -0.131. The molecule has 2 heterocycles. The van der Waals surface area contributed by atoms with Gasteiger partial charge in [0.1, 0.15) is 6.61 Å². The van der Waals surface area contributed by atoms with Crippen molar-refractivity contribution in [1.82, 2.24) is 15.0 Å². The van der Waals surface area contributed by atoms with Gasteiger partial charge >= 0.3 is 0 Å². The van der Waals surface area contributed by atoms with Crippen LogP contribution < -0.4 is 9.47 Å². The molecule has 0 saturated carbocycles. The Morgan fingerprint density at radius 3 is 2.68 bits per heavy atom. The van der Waals surface area contributed by atoms with Crippen LogP contribution in [0.1, 0.15) is 12.3 Å². The van der Waals surface area contributed by atoms with Crippen LogP contribution in [0.25, 0.3) is 11.4 Å². The highest BCUT2D eigenvalue weighted by atomic mass is 16.6. The minimum absolute atomic E-state index is 0.0121. The topological polar surface area (TPSA) is 77.7 Å². The third-order valence-electron chi connectivity index (χ3n) is 4.52. The van der Waals surface area contributed by atoms with E-state index in [1.165, 1.54) is 0 Å². The van der Waals surface area contributed by atoms with Crippen LogP contribution in [-0.2, 0) is 11.2 Å². The summed E-state index contributed by atoms with van der Waals surface area (Å²) >= 11 is 0. The summed E-state index contributed by atoms with van der Waals surface area (Å²) in [4.78, 5) is 18.5. The van der Waals surface area contributed by atoms with Gasteiger partial charge in [0.15, 0.2) is 17.6 Å². The predicted molar refractivity (Wildman–Crippen MR) is 102 cm³/mol. The van der Waals surface area contributed by atoms with Crippen molar-refractivity contribution in [1.29, 1.82) is 0 Å². The van der Waals surface area contributed by atoms with Gasteiger partial charge in [-0.3, -0.25) is 4.79 Å². The van der Waals surface area contributed by atoms with E-state index in [2.05, 4.69) is 10.1 Å². The van der Waals surface area contributed by atoms with Crippen LogP contribution in [0.3, 0.4) is 0 Å². The van der Waals surface area contributed by atoms with E-state index in [1.807, 2.05) is 54.6 Å². The Kier molecular flexibility index (Phi) is 5.23. The molecular weight excluding hydrogens is 358 g/mol. The number of carbonyl (C=O) groups excluding carboxylic acids is 1. The standard InChI is InChI=1S/C21H21N3O4/c1-24(13-16-14-26-17-9-5-6-10-18(17)27-16)20(25)12-11-19-22-21(23-28-19)15-7-3-2-4-8-15/h2-10,16H,11-14H2,1H3. The molecule has 0 spiro atoms. The number of hydrogen-bond donors (Lipinski definition) is 0. The fourth-order valence-corrected chi connectivity index (χ4v) is 3.03. The molecule has 28 heavy (non-hydrogen) atoms. The van der Waals surface area contributed by atoms with E-state index in [0.717, 1.165) is 11.3 Å². The average molecular weight is 379 g/mol. The summed E-state index contributed by atoms with van der Waals surface area (Å²) in [5, 5.41) is 3.98. The first kappa shape index (κ1) is 18.0. The van der Waals surface area contributed by atoms with Crippen LogP contribution in [0.2, 0.25) is 0 Å². The number of aryl methyl sites for hydroxylation is 1. The molecule has 0 fully saturated rings. The number of para-hydroxylation sites is 2. The maximum absolute atomic E-state index is 12.5. The van der Waals surface area contributed by atoms with E-state index >= 15 is 0 Å². The van der Waals surface area contributed by atoms with E-state index < -0.39 is 0 Å². The average Bonchev–Trinajstić information content (AvgIpc) is 3.21. The summed E-state index contributed by atoms with van der Waals surface area (Å²) in [6.45, 7) is 0.866. The number of aromatic nitrogens is 2. The van der Waals surface area contributed by atoms with Crippen molar-refractivity contribution in [3.8, 4) is 22.9 Å². The Hall–Kier alpha value is -3.35. The highest BCUT2D eigenvalue weighted by Gasteiger charge is 2.24. The molecule has 1 unspecified atom stereocenters. The van der Waals surface area contributed by atoms with E-state index in [4.69, 9.17) is 14.0 Å². The number of fused-ring (bicyclic) bond motifs is 1. The molecule has 144 valence electrons. The molecule has 0 bridgehead atoms. The molecule has 1 aliphatic rings. The molecule has 1 amide bonds. The molecule has 0 radical (unpaired) electrons. The highest BCUT2D eigenvalue weighted by molar-refractivity contribution is 5.76. The number of benzene rings is 2. The largest absolute Gasteiger partial charge is 0.486 e. The lowest BCUT2D eigenvalue weighted by atomic mass is 10.2. The maximum Gasteiger partial charge on any atom is 0.227 e. The van der Waals surface area contributed by atoms with Gasteiger partial charge in [0.05, 0.1) is 6.54 Å². The summed E-state index contributed by atoms with van der Waals surface area (Å²) in [5.41, 5.74) is 0.885. The summed E-state index contributed by atoms with van der Waals surface area (Å²) < 4.78 is 16.9. The second-order valence-corrected chi connectivity index (χ2v) is 6.65. The molecule has 1 aliphatic heterocycles. The second kappa shape index (κ2) is 8.12. The second-order valence-electron chi connectivity index (χ2n) is 6.65. The van der Waals surface area contributed by atoms with Gasteiger partial charge < -0.3 is 18.9 Å². The minimum atomic E-state index is -0.197. The van der Waals surface area contributed by atoms with Gasteiger partial charge in [0.25, 0.3) is 0 Å². The number of amides is 1. The lowest BCUT2D eigenvalue weighted by Crippen LogP contribution is -2.41. The molecule has 0 N–H and O–H groups in total. The Bertz CT molecular complexity index is 942. The molecule has 1 atom stereocenters. The van der Waals surface area contributed by atoms with Crippen LogP contribution in [0.15, 0.2) is 59.1 Å². The quantitative estimate of drug-likeness (QED) is 0.655. The van der Waals surface area contributed by atoms with Crippen molar-refractivity contribution < 1.29 is 18.8 Å². The first-order valence-corrected chi connectivity index (χ1v) is 9.19. The molecule has 7 heteroatoms.